The number of hydrogen-bond donors (Lipinski definition) is 0. The number of anilines is 1. The number of piperidine rings is 1. The number of nitrogens with zero attached hydrogens (tertiary/aromatic N) is 5. The fourth-order valence-corrected chi connectivity index (χ4v) is 3.55. The summed E-state index contributed by atoms with van der Waals surface area (Å²) in [6.07, 6.45) is 9.21. The molecule has 0 bridgehead atoms. The Balaban J connectivity index is 1.28. The van der Waals surface area contributed by atoms with Gasteiger partial charge in [-0.2, -0.15) is 5.26 Å². The minimum Gasteiger partial charge on any atom is -0.477 e. The van der Waals surface area contributed by atoms with Crippen LogP contribution in [-0.2, 0) is 0 Å². The van der Waals surface area contributed by atoms with Gasteiger partial charge < -0.3 is 9.64 Å². The third-order valence-electron chi connectivity index (χ3n) is 5.47. The Morgan fingerprint density at radius 2 is 1.96 bits per heavy atom. The minimum atomic E-state index is 0.521. The molecular weight excluding hydrogens is 326 g/mol. The molecule has 6 nitrogen and oxygen atoms in total. The fraction of sp³-hybridized carbons (Fsp3) is 0.500. The summed E-state index contributed by atoms with van der Waals surface area (Å²) in [5.74, 6) is 2.71. The largest absolute Gasteiger partial charge is 0.477 e. The highest BCUT2D eigenvalue weighted by Gasteiger charge is 2.23. The molecule has 1 aliphatic carbocycles. The van der Waals surface area contributed by atoms with E-state index in [1.807, 2.05) is 12.1 Å². The summed E-state index contributed by atoms with van der Waals surface area (Å²) in [5.41, 5.74) is 1.78. The molecule has 1 saturated carbocycles. The molecule has 0 atom stereocenters. The van der Waals surface area contributed by atoms with Crippen LogP contribution in [0.2, 0.25) is 0 Å². The van der Waals surface area contributed by atoms with E-state index in [4.69, 9.17) is 10.00 Å². The van der Waals surface area contributed by atoms with E-state index >= 15 is 0 Å². The predicted octanol–water partition coefficient (Wildman–Crippen LogP) is 3.31. The van der Waals surface area contributed by atoms with Crippen LogP contribution in [0.1, 0.15) is 49.3 Å². The Morgan fingerprint density at radius 3 is 2.69 bits per heavy atom. The monoisotopic (exact) mass is 349 g/mol. The van der Waals surface area contributed by atoms with E-state index in [1.54, 1.807) is 18.6 Å². The van der Waals surface area contributed by atoms with Crippen LogP contribution in [0, 0.1) is 17.2 Å². The van der Waals surface area contributed by atoms with Gasteiger partial charge in [-0.25, -0.2) is 15.0 Å². The van der Waals surface area contributed by atoms with Gasteiger partial charge in [-0.05, 0) is 43.7 Å². The fourth-order valence-electron chi connectivity index (χ4n) is 3.55. The summed E-state index contributed by atoms with van der Waals surface area (Å²) in [6.45, 7) is 2.57. The molecule has 0 unspecified atom stereocenters. The Morgan fingerprint density at radius 1 is 1.12 bits per heavy atom. The van der Waals surface area contributed by atoms with E-state index in [0.29, 0.717) is 29.9 Å². The van der Waals surface area contributed by atoms with Crippen LogP contribution < -0.4 is 9.64 Å². The van der Waals surface area contributed by atoms with Gasteiger partial charge in [0.2, 0.25) is 5.88 Å². The van der Waals surface area contributed by atoms with Crippen LogP contribution in [0.15, 0.2) is 30.7 Å². The molecule has 2 aromatic rings. The zero-order valence-electron chi connectivity index (χ0n) is 14.8. The van der Waals surface area contributed by atoms with E-state index in [0.717, 1.165) is 37.4 Å². The van der Waals surface area contributed by atoms with E-state index < -0.39 is 0 Å². The van der Waals surface area contributed by atoms with Crippen molar-refractivity contribution in [1.29, 1.82) is 5.26 Å². The first-order valence-corrected chi connectivity index (χ1v) is 9.37. The lowest BCUT2D eigenvalue weighted by Gasteiger charge is -2.32. The summed E-state index contributed by atoms with van der Waals surface area (Å²) in [4.78, 5) is 15.3. The molecule has 0 N–H and O–H groups in total. The van der Waals surface area contributed by atoms with Crippen LogP contribution in [0.3, 0.4) is 0 Å². The molecule has 1 saturated heterocycles. The molecule has 1 aliphatic heterocycles. The van der Waals surface area contributed by atoms with Gasteiger partial charge in [0.1, 0.15) is 12.1 Å². The summed E-state index contributed by atoms with van der Waals surface area (Å²) >= 11 is 0. The number of rotatable bonds is 5. The third kappa shape index (κ3) is 3.77. The number of nitriles is 1. The second kappa shape index (κ2) is 7.69. The highest BCUT2D eigenvalue weighted by atomic mass is 16.5. The molecule has 6 heteroatoms. The maximum Gasteiger partial charge on any atom is 0.216 e. The summed E-state index contributed by atoms with van der Waals surface area (Å²) in [7, 11) is 0. The summed E-state index contributed by atoms with van der Waals surface area (Å²) in [5, 5.41) is 9.03. The highest BCUT2D eigenvalue weighted by molar-refractivity contribution is 5.45. The molecule has 0 amide bonds. The number of ether oxygens (including phenoxy) is 1. The quantitative estimate of drug-likeness (QED) is 0.824. The first-order valence-electron chi connectivity index (χ1n) is 9.37. The molecule has 0 spiro atoms. The van der Waals surface area contributed by atoms with E-state index in [9.17, 15) is 0 Å². The Hall–Kier alpha value is -2.68. The normalized spacial score (nSPS) is 18.2. The van der Waals surface area contributed by atoms with Gasteiger partial charge in [-0.1, -0.05) is 6.42 Å². The number of pyridine rings is 1. The maximum absolute atomic E-state index is 9.03. The summed E-state index contributed by atoms with van der Waals surface area (Å²) in [6, 6.07) is 7.79. The van der Waals surface area contributed by atoms with Crippen molar-refractivity contribution >= 4 is 5.82 Å². The molecule has 26 heavy (non-hydrogen) atoms. The molecule has 0 aromatic carbocycles. The van der Waals surface area contributed by atoms with Gasteiger partial charge in [-0.15, -0.1) is 0 Å². The second-order valence-electron chi connectivity index (χ2n) is 7.16. The molecule has 0 radical (unpaired) electrons. The lowest BCUT2D eigenvalue weighted by Crippen LogP contribution is -2.36. The van der Waals surface area contributed by atoms with Gasteiger partial charge in [0.25, 0.3) is 0 Å². The molecule has 134 valence electrons. The van der Waals surface area contributed by atoms with Gasteiger partial charge in [-0.3, -0.25) is 0 Å². The summed E-state index contributed by atoms with van der Waals surface area (Å²) < 4.78 is 5.95. The van der Waals surface area contributed by atoms with Gasteiger partial charge in [0.05, 0.1) is 23.9 Å². The van der Waals surface area contributed by atoms with Gasteiger partial charge in [0, 0.05) is 31.3 Å². The lowest BCUT2D eigenvalue weighted by atomic mass is 9.83. The zero-order valence-corrected chi connectivity index (χ0v) is 14.8. The smallest absolute Gasteiger partial charge is 0.216 e. The third-order valence-corrected chi connectivity index (χ3v) is 5.47. The van der Waals surface area contributed by atoms with Crippen LogP contribution in [0.5, 0.6) is 5.88 Å². The molecule has 2 fully saturated rings. The topological polar surface area (TPSA) is 74.9 Å². The standard InChI is InChI=1S/C20H23N5O/c21-12-16-4-7-22-19(10-16)25-8-5-15(6-9-25)13-26-20-11-18(23-14-24-20)17-2-1-3-17/h4,7,10-11,14-15,17H,1-3,5-6,8-9,13H2. The molecule has 2 aromatic heterocycles. The zero-order chi connectivity index (χ0) is 17.8. The number of hydrogen-bond acceptors (Lipinski definition) is 6. The number of aromatic nitrogens is 3. The van der Waals surface area contributed by atoms with Gasteiger partial charge >= 0.3 is 0 Å². The van der Waals surface area contributed by atoms with Crippen LogP contribution in [0.4, 0.5) is 5.82 Å². The van der Waals surface area contributed by atoms with Crippen LogP contribution >= 0.6 is 0 Å². The van der Waals surface area contributed by atoms with E-state index in [-0.39, 0.29) is 0 Å². The molecule has 2 aliphatic rings. The van der Waals surface area contributed by atoms with Crippen molar-refractivity contribution in [2.45, 2.75) is 38.0 Å². The van der Waals surface area contributed by atoms with Crippen molar-refractivity contribution in [2.75, 3.05) is 24.6 Å². The maximum atomic E-state index is 9.03. The SMILES string of the molecule is N#Cc1ccnc(N2CCC(COc3cc(C4CCC4)ncn3)CC2)c1. The van der Waals surface area contributed by atoms with Crippen molar-refractivity contribution < 1.29 is 4.74 Å². The first kappa shape index (κ1) is 16.8. The van der Waals surface area contributed by atoms with Gasteiger partial charge in [0.15, 0.2) is 0 Å². The van der Waals surface area contributed by atoms with Crippen molar-refractivity contribution in [3.63, 3.8) is 0 Å². The predicted molar refractivity (Wildman–Crippen MR) is 98.0 cm³/mol. The Kier molecular flexibility index (Phi) is 4.96. The first-order chi connectivity index (χ1) is 12.8. The Bertz CT molecular complexity index is 791. The van der Waals surface area contributed by atoms with E-state index in [2.05, 4.69) is 25.9 Å². The lowest BCUT2D eigenvalue weighted by molar-refractivity contribution is 0.215. The van der Waals surface area contributed by atoms with Crippen molar-refractivity contribution in [2.24, 2.45) is 5.92 Å². The van der Waals surface area contributed by atoms with Crippen molar-refractivity contribution in [3.05, 3.63) is 42.0 Å². The van der Waals surface area contributed by atoms with Crippen LogP contribution in [0.25, 0.3) is 0 Å². The second-order valence-corrected chi connectivity index (χ2v) is 7.16. The van der Waals surface area contributed by atoms with Crippen LogP contribution in [-0.4, -0.2) is 34.6 Å². The molecular formula is C20H23N5O. The highest BCUT2D eigenvalue weighted by Crippen LogP contribution is 2.35. The van der Waals surface area contributed by atoms with Crippen molar-refractivity contribution in [1.82, 2.24) is 15.0 Å². The average molecular weight is 349 g/mol. The minimum absolute atomic E-state index is 0.521. The van der Waals surface area contributed by atoms with E-state index in [1.165, 1.54) is 19.3 Å². The molecule has 3 heterocycles. The van der Waals surface area contributed by atoms with Crippen molar-refractivity contribution in [3.8, 4) is 11.9 Å². The average Bonchev–Trinajstić information content (AvgIpc) is 2.66. The Labute approximate surface area is 153 Å². The molecule has 4 rings (SSSR count).